The third-order valence-electron chi connectivity index (χ3n) is 4.29. The van der Waals surface area contributed by atoms with Gasteiger partial charge in [-0.3, -0.25) is 0 Å². The number of para-hydroxylation sites is 2. The number of nitrogens with zero attached hydrogens (tertiary/aromatic N) is 2. The van der Waals surface area contributed by atoms with Crippen LogP contribution in [0.15, 0.2) is 53.4 Å². The fourth-order valence-electron chi connectivity index (χ4n) is 3.11. The van der Waals surface area contributed by atoms with Crippen molar-refractivity contribution in [1.29, 1.82) is 0 Å². The van der Waals surface area contributed by atoms with Crippen molar-refractivity contribution in [2.24, 2.45) is 11.8 Å². The first kappa shape index (κ1) is 19.6. The average Bonchev–Trinajstić information content (AvgIpc) is 3.04. The Morgan fingerprint density at radius 1 is 0.926 bits per heavy atom. The molecule has 0 aliphatic rings. The average molecular weight is 386 g/mol. The van der Waals surface area contributed by atoms with Crippen LogP contribution in [0.1, 0.15) is 27.7 Å². The van der Waals surface area contributed by atoms with Crippen LogP contribution >= 0.6 is 0 Å². The summed E-state index contributed by atoms with van der Waals surface area (Å²) in [6, 6.07) is 14.8. The molecule has 27 heavy (non-hydrogen) atoms. The minimum Gasteiger partial charge on any atom is -0.338 e. The summed E-state index contributed by atoms with van der Waals surface area (Å²) in [5.41, 5.74) is 2.72. The molecular weight excluding hydrogens is 358 g/mol. The molecular formula is C21H27N3O2S. The van der Waals surface area contributed by atoms with Gasteiger partial charge >= 0.3 is 0 Å². The molecule has 6 heteroatoms. The van der Waals surface area contributed by atoms with Gasteiger partial charge in [0.15, 0.2) is 0 Å². The number of imidazole rings is 1. The van der Waals surface area contributed by atoms with Crippen molar-refractivity contribution in [2.75, 3.05) is 13.1 Å². The molecule has 0 spiro atoms. The first-order valence-electron chi connectivity index (χ1n) is 9.32. The highest BCUT2D eigenvalue weighted by molar-refractivity contribution is 7.89. The van der Waals surface area contributed by atoms with Crippen LogP contribution in [0.3, 0.4) is 0 Å². The Bertz CT molecular complexity index is 962. The van der Waals surface area contributed by atoms with Crippen LogP contribution in [-0.2, 0) is 10.0 Å². The van der Waals surface area contributed by atoms with Gasteiger partial charge in [-0.1, -0.05) is 39.8 Å². The zero-order valence-corrected chi connectivity index (χ0v) is 17.1. The van der Waals surface area contributed by atoms with E-state index in [4.69, 9.17) is 0 Å². The van der Waals surface area contributed by atoms with Crippen LogP contribution in [0, 0.1) is 11.8 Å². The lowest BCUT2D eigenvalue weighted by atomic mass is 10.2. The predicted octanol–water partition coefficient (Wildman–Crippen LogP) is 4.53. The molecule has 1 heterocycles. The number of hydrogen-bond donors (Lipinski definition) is 1. The molecule has 3 rings (SSSR count). The van der Waals surface area contributed by atoms with E-state index < -0.39 is 10.0 Å². The van der Waals surface area contributed by atoms with Gasteiger partial charge < -0.3 is 4.98 Å². The molecule has 0 saturated carbocycles. The third kappa shape index (κ3) is 4.39. The third-order valence-corrected chi connectivity index (χ3v) is 6.14. The van der Waals surface area contributed by atoms with Crippen molar-refractivity contribution in [3.8, 4) is 11.4 Å². The van der Waals surface area contributed by atoms with Gasteiger partial charge in [0.1, 0.15) is 5.82 Å². The Morgan fingerprint density at radius 2 is 1.52 bits per heavy atom. The van der Waals surface area contributed by atoms with E-state index >= 15 is 0 Å². The van der Waals surface area contributed by atoms with Gasteiger partial charge in [0, 0.05) is 18.7 Å². The summed E-state index contributed by atoms with van der Waals surface area (Å²) in [6.07, 6.45) is 0. The van der Waals surface area contributed by atoms with E-state index in [-0.39, 0.29) is 11.8 Å². The van der Waals surface area contributed by atoms with Crippen molar-refractivity contribution in [3.05, 3.63) is 48.5 Å². The Labute approximate surface area is 161 Å². The molecule has 0 bridgehead atoms. The Balaban J connectivity index is 1.90. The lowest BCUT2D eigenvalue weighted by Gasteiger charge is -2.25. The van der Waals surface area contributed by atoms with Crippen molar-refractivity contribution in [2.45, 2.75) is 32.6 Å². The molecule has 2 aromatic carbocycles. The molecule has 0 saturated heterocycles. The molecule has 0 unspecified atom stereocenters. The van der Waals surface area contributed by atoms with E-state index in [0.29, 0.717) is 18.0 Å². The maximum absolute atomic E-state index is 13.1. The van der Waals surface area contributed by atoms with Crippen molar-refractivity contribution in [3.63, 3.8) is 0 Å². The van der Waals surface area contributed by atoms with Gasteiger partial charge in [0.05, 0.1) is 15.9 Å². The highest BCUT2D eigenvalue weighted by Gasteiger charge is 2.25. The molecule has 0 amide bonds. The Morgan fingerprint density at radius 3 is 2.07 bits per heavy atom. The minimum atomic E-state index is -3.51. The van der Waals surface area contributed by atoms with Crippen LogP contribution in [-0.4, -0.2) is 35.8 Å². The van der Waals surface area contributed by atoms with E-state index in [9.17, 15) is 8.42 Å². The fraction of sp³-hybridized carbons (Fsp3) is 0.381. The van der Waals surface area contributed by atoms with E-state index in [1.54, 1.807) is 16.4 Å². The number of benzene rings is 2. The number of aromatic amines is 1. The van der Waals surface area contributed by atoms with Crippen LogP contribution in [0.4, 0.5) is 0 Å². The van der Waals surface area contributed by atoms with Crippen LogP contribution in [0.25, 0.3) is 22.4 Å². The maximum atomic E-state index is 13.1. The van der Waals surface area contributed by atoms with Crippen LogP contribution in [0.2, 0.25) is 0 Å². The summed E-state index contributed by atoms with van der Waals surface area (Å²) >= 11 is 0. The SMILES string of the molecule is CC(C)CN(CC(C)C)S(=O)(=O)c1ccc(-c2nc3ccccc3[nH]2)cc1. The number of nitrogens with one attached hydrogen (secondary N) is 1. The number of H-pyrrole nitrogens is 1. The number of fused-ring (bicyclic) bond motifs is 1. The standard InChI is InChI=1S/C21H27N3O2S/c1-15(2)13-24(14-16(3)4)27(25,26)18-11-9-17(10-12-18)21-22-19-7-5-6-8-20(19)23-21/h5-12,15-16H,13-14H2,1-4H3,(H,22,23). The number of hydrogen-bond acceptors (Lipinski definition) is 3. The molecule has 5 nitrogen and oxygen atoms in total. The largest absolute Gasteiger partial charge is 0.338 e. The lowest BCUT2D eigenvalue weighted by molar-refractivity contribution is 0.333. The van der Waals surface area contributed by atoms with Crippen LogP contribution < -0.4 is 0 Å². The minimum absolute atomic E-state index is 0.272. The molecule has 1 N–H and O–H groups in total. The molecule has 0 atom stereocenters. The summed E-state index contributed by atoms with van der Waals surface area (Å²) in [5, 5.41) is 0. The second-order valence-corrected chi connectivity index (χ2v) is 9.67. The molecule has 0 fully saturated rings. The second kappa shape index (κ2) is 7.82. The molecule has 3 aromatic rings. The monoisotopic (exact) mass is 385 g/mol. The maximum Gasteiger partial charge on any atom is 0.243 e. The number of sulfonamides is 1. The van der Waals surface area contributed by atoms with Gasteiger partial charge in [0.2, 0.25) is 10.0 Å². The van der Waals surface area contributed by atoms with E-state index in [1.807, 2.05) is 64.1 Å². The zero-order chi connectivity index (χ0) is 19.6. The van der Waals surface area contributed by atoms with Gasteiger partial charge in [0.25, 0.3) is 0 Å². The first-order chi connectivity index (χ1) is 12.8. The highest BCUT2D eigenvalue weighted by atomic mass is 32.2. The quantitative estimate of drug-likeness (QED) is 0.650. The molecule has 0 aliphatic heterocycles. The highest BCUT2D eigenvalue weighted by Crippen LogP contribution is 2.24. The smallest absolute Gasteiger partial charge is 0.243 e. The van der Waals surface area contributed by atoms with Crippen molar-refractivity contribution in [1.82, 2.24) is 14.3 Å². The van der Waals surface area contributed by atoms with E-state index in [0.717, 1.165) is 22.4 Å². The fourth-order valence-corrected chi connectivity index (χ4v) is 4.88. The molecule has 144 valence electrons. The second-order valence-electron chi connectivity index (χ2n) is 7.74. The Hall–Kier alpha value is -2.18. The number of aromatic nitrogens is 2. The summed E-state index contributed by atoms with van der Waals surface area (Å²) < 4.78 is 27.8. The summed E-state index contributed by atoms with van der Waals surface area (Å²) in [4.78, 5) is 8.17. The van der Waals surface area contributed by atoms with E-state index in [2.05, 4.69) is 9.97 Å². The van der Waals surface area contributed by atoms with Gasteiger partial charge in [-0.2, -0.15) is 4.31 Å². The van der Waals surface area contributed by atoms with Gasteiger partial charge in [-0.05, 0) is 48.2 Å². The van der Waals surface area contributed by atoms with E-state index in [1.165, 1.54) is 0 Å². The number of rotatable bonds is 7. The van der Waals surface area contributed by atoms with Crippen molar-refractivity contribution < 1.29 is 8.42 Å². The van der Waals surface area contributed by atoms with Gasteiger partial charge in [-0.15, -0.1) is 0 Å². The predicted molar refractivity (Wildman–Crippen MR) is 110 cm³/mol. The summed E-state index contributed by atoms with van der Waals surface area (Å²) in [7, 11) is -3.51. The van der Waals surface area contributed by atoms with Crippen LogP contribution in [0.5, 0.6) is 0 Å². The topological polar surface area (TPSA) is 66.1 Å². The van der Waals surface area contributed by atoms with Gasteiger partial charge in [-0.25, -0.2) is 13.4 Å². The molecule has 1 aromatic heterocycles. The molecule has 0 radical (unpaired) electrons. The summed E-state index contributed by atoms with van der Waals surface area (Å²) in [5.74, 6) is 1.28. The van der Waals surface area contributed by atoms with Crippen molar-refractivity contribution >= 4 is 21.1 Å². The normalized spacial score (nSPS) is 12.6. The lowest BCUT2D eigenvalue weighted by Crippen LogP contribution is -2.37. The Kier molecular flexibility index (Phi) is 5.67. The molecule has 0 aliphatic carbocycles. The first-order valence-corrected chi connectivity index (χ1v) is 10.8. The zero-order valence-electron chi connectivity index (χ0n) is 16.3. The summed E-state index contributed by atoms with van der Waals surface area (Å²) in [6.45, 7) is 9.18.